The molecule has 1 aliphatic heterocycles. The molecule has 2 amide bonds. The summed E-state index contributed by atoms with van der Waals surface area (Å²) in [6.07, 6.45) is -1.34. The highest BCUT2D eigenvalue weighted by Crippen LogP contribution is 2.27. The number of aliphatic hydroxyl groups excluding tert-OH is 2. The SMILES string of the molecule is CCC(C)CN(CC(O)C(Cc1ccccc1)NC(=O)C1CN(c2cccc(C(C)=O)c2)C(=O)O1)Sc1ccc(CO)cc1. The number of cyclic esters (lactones) is 1. The number of carbonyl (C=O) groups excluding carboxylic acids is 3. The lowest BCUT2D eigenvalue weighted by Crippen LogP contribution is -2.52. The van der Waals surface area contributed by atoms with E-state index in [4.69, 9.17) is 4.74 Å². The molecule has 3 aromatic rings. The molecule has 1 saturated heterocycles. The normalized spacial score (nSPS) is 16.8. The summed E-state index contributed by atoms with van der Waals surface area (Å²) in [5.74, 6) is -0.252. The lowest BCUT2D eigenvalue weighted by molar-refractivity contribution is -0.129. The van der Waals surface area contributed by atoms with Crippen molar-refractivity contribution in [2.75, 3.05) is 24.5 Å². The summed E-state index contributed by atoms with van der Waals surface area (Å²) in [4.78, 5) is 40.4. The van der Waals surface area contributed by atoms with Crippen LogP contribution in [0.3, 0.4) is 0 Å². The third-order valence-electron chi connectivity index (χ3n) is 7.70. The van der Waals surface area contributed by atoms with Crippen molar-refractivity contribution in [1.82, 2.24) is 9.62 Å². The number of ether oxygens (including phenoxy) is 1. The van der Waals surface area contributed by atoms with E-state index in [1.54, 1.807) is 24.3 Å². The molecule has 4 atom stereocenters. The van der Waals surface area contributed by atoms with Crippen molar-refractivity contribution in [2.24, 2.45) is 5.92 Å². The van der Waals surface area contributed by atoms with Crippen LogP contribution in [0.2, 0.25) is 0 Å². The summed E-state index contributed by atoms with van der Waals surface area (Å²) in [6.45, 7) is 6.69. The second-order valence-corrected chi connectivity index (χ2v) is 12.4. The summed E-state index contributed by atoms with van der Waals surface area (Å²) in [5.41, 5.74) is 2.71. The minimum absolute atomic E-state index is 0.0139. The fraction of sp³-hybridized carbons (Fsp3) is 0.382. The van der Waals surface area contributed by atoms with E-state index < -0.39 is 30.3 Å². The molecule has 0 aromatic heterocycles. The van der Waals surface area contributed by atoms with E-state index in [0.717, 1.165) is 29.0 Å². The van der Waals surface area contributed by atoms with E-state index in [-0.39, 0.29) is 25.5 Å². The Balaban J connectivity index is 1.49. The van der Waals surface area contributed by atoms with Crippen molar-refractivity contribution in [3.05, 3.63) is 95.6 Å². The second-order valence-electron chi connectivity index (χ2n) is 11.2. The first-order valence-electron chi connectivity index (χ1n) is 14.9. The minimum atomic E-state index is -1.08. The lowest BCUT2D eigenvalue weighted by atomic mass is 10.0. The van der Waals surface area contributed by atoms with Gasteiger partial charge in [-0.1, -0.05) is 74.9 Å². The Bertz CT molecular complexity index is 1400. The van der Waals surface area contributed by atoms with E-state index in [2.05, 4.69) is 23.5 Å². The van der Waals surface area contributed by atoms with Crippen molar-refractivity contribution in [2.45, 2.75) is 63.4 Å². The molecule has 234 valence electrons. The predicted molar refractivity (Wildman–Crippen MR) is 171 cm³/mol. The Labute approximate surface area is 263 Å². The molecule has 0 bridgehead atoms. The largest absolute Gasteiger partial charge is 0.434 e. The molecule has 9 nitrogen and oxygen atoms in total. The van der Waals surface area contributed by atoms with Gasteiger partial charge in [0.05, 0.1) is 25.3 Å². The molecule has 1 aliphatic rings. The lowest BCUT2D eigenvalue weighted by Gasteiger charge is -2.31. The summed E-state index contributed by atoms with van der Waals surface area (Å²) >= 11 is 1.53. The molecule has 1 fully saturated rings. The minimum Gasteiger partial charge on any atom is -0.434 e. The van der Waals surface area contributed by atoms with E-state index >= 15 is 0 Å². The van der Waals surface area contributed by atoms with Gasteiger partial charge in [-0.15, -0.1) is 0 Å². The molecule has 0 aliphatic carbocycles. The quantitative estimate of drug-likeness (QED) is 0.163. The van der Waals surface area contributed by atoms with Crippen LogP contribution in [0.25, 0.3) is 0 Å². The highest BCUT2D eigenvalue weighted by molar-refractivity contribution is 7.97. The summed E-state index contributed by atoms with van der Waals surface area (Å²) in [5, 5.41) is 24.0. The van der Waals surface area contributed by atoms with Crippen LogP contribution < -0.4 is 10.2 Å². The first kappa shape index (κ1) is 33.2. The van der Waals surface area contributed by atoms with Gasteiger partial charge in [-0.3, -0.25) is 14.5 Å². The Kier molecular flexibility index (Phi) is 12.0. The van der Waals surface area contributed by atoms with Crippen molar-refractivity contribution in [3.8, 4) is 0 Å². The van der Waals surface area contributed by atoms with Crippen LogP contribution in [-0.2, 0) is 22.6 Å². The summed E-state index contributed by atoms with van der Waals surface area (Å²) in [6, 6.07) is 23.3. The highest BCUT2D eigenvalue weighted by Gasteiger charge is 2.38. The predicted octanol–water partition coefficient (Wildman–Crippen LogP) is 4.85. The Morgan fingerprint density at radius 2 is 1.77 bits per heavy atom. The molecule has 10 heteroatoms. The highest BCUT2D eigenvalue weighted by atomic mass is 32.2. The fourth-order valence-corrected chi connectivity index (χ4v) is 6.01. The van der Waals surface area contributed by atoms with E-state index in [9.17, 15) is 24.6 Å². The van der Waals surface area contributed by atoms with Gasteiger partial charge in [0.1, 0.15) is 0 Å². The average molecular weight is 620 g/mol. The number of nitrogens with one attached hydrogen (secondary N) is 1. The molecule has 3 N–H and O–H groups in total. The van der Waals surface area contributed by atoms with Gasteiger partial charge in [-0.25, -0.2) is 9.10 Å². The maximum atomic E-state index is 13.5. The van der Waals surface area contributed by atoms with Crippen LogP contribution in [0.5, 0.6) is 0 Å². The Morgan fingerprint density at radius 3 is 2.43 bits per heavy atom. The van der Waals surface area contributed by atoms with Gasteiger partial charge in [0.15, 0.2) is 11.9 Å². The van der Waals surface area contributed by atoms with Crippen LogP contribution in [-0.4, -0.2) is 70.2 Å². The zero-order chi connectivity index (χ0) is 31.6. The molecule has 3 aromatic carbocycles. The first-order valence-corrected chi connectivity index (χ1v) is 15.7. The van der Waals surface area contributed by atoms with Gasteiger partial charge in [-0.05, 0) is 66.6 Å². The number of hydrogen-bond donors (Lipinski definition) is 3. The van der Waals surface area contributed by atoms with Crippen LogP contribution in [0, 0.1) is 5.92 Å². The second kappa shape index (κ2) is 15.9. The van der Waals surface area contributed by atoms with Crippen LogP contribution in [0.1, 0.15) is 48.7 Å². The van der Waals surface area contributed by atoms with E-state index in [0.29, 0.717) is 23.6 Å². The number of ketones is 1. The topological polar surface area (TPSA) is 119 Å². The maximum absolute atomic E-state index is 13.5. The number of hydrogen-bond acceptors (Lipinski definition) is 8. The molecule has 4 rings (SSSR count). The molecular formula is C34H41N3O6S. The zero-order valence-corrected chi connectivity index (χ0v) is 26.2. The summed E-state index contributed by atoms with van der Waals surface area (Å²) < 4.78 is 7.55. The number of anilines is 1. The van der Waals surface area contributed by atoms with E-state index in [1.165, 1.54) is 23.8 Å². The maximum Gasteiger partial charge on any atom is 0.415 e. The molecule has 44 heavy (non-hydrogen) atoms. The number of rotatable bonds is 15. The third kappa shape index (κ3) is 9.15. The van der Waals surface area contributed by atoms with Crippen molar-refractivity contribution >= 4 is 35.4 Å². The van der Waals surface area contributed by atoms with Crippen LogP contribution >= 0.6 is 11.9 Å². The molecule has 0 saturated carbocycles. The monoisotopic (exact) mass is 619 g/mol. The summed E-state index contributed by atoms with van der Waals surface area (Å²) in [7, 11) is 0. The van der Waals surface area contributed by atoms with Crippen molar-refractivity contribution in [3.63, 3.8) is 0 Å². The number of aliphatic hydroxyl groups is 2. The number of benzene rings is 3. The third-order valence-corrected chi connectivity index (χ3v) is 8.74. The molecule has 1 heterocycles. The van der Waals surface area contributed by atoms with Crippen LogP contribution in [0.4, 0.5) is 10.5 Å². The van der Waals surface area contributed by atoms with Crippen LogP contribution in [0.15, 0.2) is 83.8 Å². The number of amides is 2. The van der Waals surface area contributed by atoms with Crippen molar-refractivity contribution in [1.29, 1.82) is 0 Å². The van der Waals surface area contributed by atoms with Gasteiger partial charge in [0, 0.05) is 29.2 Å². The molecular weight excluding hydrogens is 578 g/mol. The van der Waals surface area contributed by atoms with Gasteiger partial charge < -0.3 is 20.3 Å². The molecule has 0 radical (unpaired) electrons. The van der Waals surface area contributed by atoms with Gasteiger partial charge in [-0.2, -0.15) is 0 Å². The van der Waals surface area contributed by atoms with Gasteiger partial charge in [0.2, 0.25) is 0 Å². The van der Waals surface area contributed by atoms with Gasteiger partial charge >= 0.3 is 6.09 Å². The van der Waals surface area contributed by atoms with Crippen molar-refractivity contribution < 1.29 is 29.3 Å². The fourth-order valence-electron chi connectivity index (χ4n) is 4.90. The van der Waals surface area contributed by atoms with Gasteiger partial charge in [0.25, 0.3) is 5.91 Å². The standard InChI is InChI=1S/C34H41N3O6S/c1-4-23(2)19-36(44-29-15-13-26(22-38)14-16-29)20-31(40)30(17-25-9-6-5-7-10-25)35-33(41)32-21-37(34(42)43-32)28-12-8-11-27(18-28)24(3)39/h5-16,18,23,30-32,38,40H,4,17,19-22H2,1-3H3,(H,35,41). The smallest absolute Gasteiger partial charge is 0.415 e. The first-order chi connectivity index (χ1) is 21.2. The zero-order valence-electron chi connectivity index (χ0n) is 25.4. The van der Waals surface area contributed by atoms with E-state index in [1.807, 2.05) is 54.6 Å². The average Bonchev–Trinajstić information content (AvgIpc) is 3.43. The molecule has 4 unspecified atom stereocenters. The number of carbonyl (C=O) groups is 3. The number of Topliss-reactive ketones (excluding diaryl/α,β-unsaturated/α-hetero) is 1. The number of nitrogens with zero attached hydrogens (tertiary/aromatic N) is 2. The Hall–Kier alpha value is -3.70. The molecule has 0 spiro atoms. The Morgan fingerprint density at radius 1 is 1.05 bits per heavy atom.